The van der Waals surface area contributed by atoms with Crippen molar-refractivity contribution in [3.63, 3.8) is 0 Å². The van der Waals surface area contributed by atoms with Crippen molar-refractivity contribution in [2.24, 2.45) is 0 Å². The molecule has 1 unspecified atom stereocenters. The summed E-state index contributed by atoms with van der Waals surface area (Å²) in [6.45, 7) is 2.70. The standard InChI is InChI=1S/C20H22N4O3S/c1-28(25,26)17-4-2-15(3-5-17)13-24-10-11-27-14-19(24)20-22-12-18(23-20)16-6-8-21-9-7-16/h2-9,12,19H,10-11,13-14H2,1H3,(H,22,23). The van der Waals surface area contributed by atoms with Crippen LogP contribution in [0.15, 0.2) is 59.9 Å². The SMILES string of the molecule is CS(=O)(=O)c1ccc(CN2CCOCC2c2ncc(-c3ccncc3)[nH]2)cc1. The van der Waals surface area contributed by atoms with Crippen LogP contribution in [0.4, 0.5) is 0 Å². The fraction of sp³-hybridized carbons (Fsp3) is 0.300. The first-order valence-electron chi connectivity index (χ1n) is 9.07. The fourth-order valence-electron chi connectivity index (χ4n) is 3.34. The number of aromatic nitrogens is 3. The van der Waals surface area contributed by atoms with E-state index in [1.807, 2.05) is 30.5 Å². The van der Waals surface area contributed by atoms with Crippen LogP contribution in [-0.4, -0.2) is 54.3 Å². The Morgan fingerprint density at radius 2 is 1.93 bits per heavy atom. The van der Waals surface area contributed by atoms with Crippen molar-refractivity contribution >= 4 is 9.84 Å². The molecule has 1 aromatic carbocycles. The lowest BCUT2D eigenvalue weighted by Gasteiger charge is -2.34. The molecular formula is C20H22N4O3S. The molecule has 1 aliphatic rings. The van der Waals surface area contributed by atoms with Crippen LogP contribution < -0.4 is 0 Å². The summed E-state index contributed by atoms with van der Waals surface area (Å²) in [6, 6.07) is 11.0. The zero-order chi connectivity index (χ0) is 19.6. The molecular weight excluding hydrogens is 376 g/mol. The van der Waals surface area contributed by atoms with Crippen LogP contribution in [0.1, 0.15) is 17.4 Å². The Bertz CT molecular complexity index is 1030. The molecule has 0 aliphatic carbocycles. The van der Waals surface area contributed by atoms with Gasteiger partial charge in [-0.3, -0.25) is 9.88 Å². The summed E-state index contributed by atoms with van der Waals surface area (Å²) in [5.41, 5.74) is 3.04. The van der Waals surface area contributed by atoms with E-state index in [4.69, 9.17) is 4.74 Å². The summed E-state index contributed by atoms with van der Waals surface area (Å²) >= 11 is 0. The Labute approximate surface area is 164 Å². The summed E-state index contributed by atoms with van der Waals surface area (Å²) in [4.78, 5) is 14.7. The number of H-pyrrole nitrogens is 1. The van der Waals surface area contributed by atoms with Crippen molar-refractivity contribution in [1.82, 2.24) is 19.9 Å². The number of ether oxygens (including phenoxy) is 1. The highest BCUT2D eigenvalue weighted by atomic mass is 32.2. The van der Waals surface area contributed by atoms with Crippen LogP contribution in [0.5, 0.6) is 0 Å². The third kappa shape index (κ3) is 4.14. The van der Waals surface area contributed by atoms with Crippen molar-refractivity contribution in [3.05, 3.63) is 66.4 Å². The normalized spacial score (nSPS) is 18.2. The highest BCUT2D eigenvalue weighted by Crippen LogP contribution is 2.26. The largest absolute Gasteiger partial charge is 0.378 e. The van der Waals surface area contributed by atoms with E-state index in [0.717, 1.165) is 29.2 Å². The van der Waals surface area contributed by atoms with Gasteiger partial charge < -0.3 is 9.72 Å². The highest BCUT2D eigenvalue weighted by Gasteiger charge is 2.27. The quantitative estimate of drug-likeness (QED) is 0.710. The number of pyridine rings is 1. The predicted octanol–water partition coefficient (Wildman–Crippen LogP) is 2.45. The zero-order valence-corrected chi connectivity index (χ0v) is 16.4. The molecule has 0 saturated carbocycles. The fourth-order valence-corrected chi connectivity index (χ4v) is 3.97. The number of hydrogen-bond acceptors (Lipinski definition) is 6. The van der Waals surface area contributed by atoms with Gasteiger partial charge >= 0.3 is 0 Å². The number of rotatable bonds is 5. The first-order valence-corrected chi connectivity index (χ1v) is 11.0. The molecule has 7 nitrogen and oxygen atoms in total. The number of aromatic amines is 1. The van der Waals surface area contributed by atoms with Crippen LogP contribution >= 0.6 is 0 Å². The number of nitrogens with zero attached hydrogens (tertiary/aromatic N) is 3. The van der Waals surface area contributed by atoms with Gasteiger partial charge in [-0.2, -0.15) is 0 Å². The third-order valence-electron chi connectivity index (χ3n) is 4.88. The lowest BCUT2D eigenvalue weighted by atomic mass is 10.1. The number of hydrogen-bond donors (Lipinski definition) is 1. The van der Waals surface area contributed by atoms with Crippen molar-refractivity contribution in [2.45, 2.75) is 17.5 Å². The van der Waals surface area contributed by atoms with E-state index in [1.54, 1.807) is 24.5 Å². The van der Waals surface area contributed by atoms with Crippen LogP contribution in [0.2, 0.25) is 0 Å². The second-order valence-corrected chi connectivity index (χ2v) is 8.91. The van der Waals surface area contributed by atoms with Gasteiger partial charge in [-0.15, -0.1) is 0 Å². The maximum atomic E-state index is 11.6. The van der Waals surface area contributed by atoms with Gasteiger partial charge in [0.1, 0.15) is 5.82 Å². The monoisotopic (exact) mass is 398 g/mol. The molecule has 3 heterocycles. The minimum atomic E-state index is -3.18. The molecule has 1 aliphatic heterocycles. The summed E-state index contributed by atoms with van der Waals surface area (Å²) in [5, 5.41) is 0. The van der Waals surface area contributed by atoms with Gasteiger partial charge in [0.15, 0.2) is 9.84 Å². The van der Waals surface area contributed by atoms with Crippen LogP contribution in [0.3, 0.4) is 0 Å². The Kier molecular flexibility index (Phi) is 5.25. The van der Waals surface area contributed by atoms with Crippen molar-refractivity contribution in [3.8, 4) is 11.3 Å². The van der Waals surface area contributed by atoms with E-state index in [1.165, 1.54) is 6.26 Å². The van der Waals surface area contributed by atoms with Crippen molar-refractivity contribution in [1.29, 1.82) is 0 Å². The second-order valence-electron chi connectivity index (χ2n) is 6.90. The maximum Gasteiger partial charge on any atom is 0.175 e. The molecule has 4 rings (SSSR count). The zero-order valence-electron chi connectivity index (χ0n) is 15.6. The number of benzene rings is 1. The summed E-state index contributed by atoms with van der Waals surface area (Å²) in [6.07, 6.45) is 6.56. The molecule has 0 bridgehead atoms. The molecule has 1 atom stereocenters. The number of morpholine rings is 1. The summed E-state index contributed by atoms with van der Waals surface area (Å²) < 4.78 is 29.0. The summed E-state index contributed by atoms with van der Waals surface area (Å²) in [5.74, 6) is 0.860. The number of imidazole rings is 1. The Morgan fingerprint density at radius 1 is 1.18 bits per heavy atom. The summed E-state index contributed by atoms with van der Waals surface area (Å²) in [7, 11) is -3.18. The minimum absolute atomic E-state index is 0.0129. The van der Waals surface area contributed by atoms with Gasteiger partial charge in [0.05, 0.1) is 36.0 Å². The Hall–Kier alpha value is -2.55. The smallest absolute Gasteiger partial charge is 0.175 e. The molecule has 0 spiro atoms. The van der Waals surface area contributed by atoms with Gasteiger partial charge in [0.25, 0.3) is 0 Å². The van der Waals surface area contributed by atoms with Crippen molar-refractivity contribution in [2.75, 3.05) is 26.0 Å². The lowest BCUT2D eigenvalue weighted by Crippen LogP contribution is -2.39. The molecule has 0 radical (unpaired) electrons. The van der Waals surface area contributed by atoms with Crippen molar-refractivity contribution < 1.29 is 13.2 Å². The van der Waals surface area contributed by atoms with E-state index in [0.29, 0.717) is 24.7 Å². The van der Waals surface area contributed by atoms with E-state index in [9.17, 15) is 8.42 Å². The molecule has 0 amide bonds. The average molecular weight is 398 g/mol. The Balaban J connectivity index is 1.53. The van der Waals surface area contributed by atoms with Crippen LogP contribution in [-0.2, 0) is 21.1 Å². The average Bonchev–Trinajstić information content (AvgIpc) is 3.19. The molecule has 8 heteroatoms. The first kappa shape index (κ1) is 18.8. The molecule has 1 N–H and O–H groups in total. The third-order valence-corrected chi connectivity index (χ3v) is 6.01. The van der Waals surface area contributed by atoms with E-state index >= 15 is 0 Å². The van der Waals surface area contributed by atoms with Gasteiger partial charge in [-0.1, -0.05) is 12.1 Å². The van der Waals surface area contributed by atoms with Crippen LogP contribution in [0.25, 0.3) is 11.3 Å². The van der Waals surface area contributed by atoms with E-state index in [-0.39, 0.29) is 6.04 Å². The predicted molar refractivity (Wildman–Crippen MR) is 105 cm³/mol. The maximum absolute atomic E-state index is 11.6. The van der Waals surface area contributed by atoms with Gasteiger partial charge in [0, 0.05) is 37.3 Å². The topological polar surface area (TPSA) is 88.2 Å². The first-order chi connectivity index (χ1) is 13.5. The van der Waals surface area contributed by atoms with Crippen LogP contribution in [0, 0.1) is 0 Å². The molecule has 3 aromatic rings. The van der Waals surface area contributed by atoms with Gasteiger partial charge in [-0.05, 0) is 29.8 Å². The highest BCUT2D eigenvalue weighted by molar-refractivity contribution is 7.90. The number of sulfone groups is 1. The molecule has 1 fully saturated rings. The second kappa shape index (κ2) is 7.83. The van der Waals surface area contributed by atoms with E-state index < -0.39 is 9.84 Å². The van der Waals surface area contributed by atoms with Gasteiger partial charge in [0.2, 0.25) is 0 Å². The lowest BCUT2D eigenvalue weighted by molar-refractivity contribution is -0.0156. The Morgan fingerprint density at radius 3 is 2.64 bits per heavy atom. The molecule has 28 heavy (non-hydrogen) atoms. The minimum Gasteiger partial charge on any atom is -0.378 e. The number of nitrogens with one attached hydrogen (secondary N) is 1. The van der Waals surface area contributed by atoms with Gasteiger partial charge in [-0.25, -0.2) is 13.4 Å². The molecule has 2 aromatic heterocycles. The van der Waals surface area contributed by atoms with E-state index in [2.05, 4.69) is 19.9 Å². The molecule has 1 saturated heterocycles. The molecule has 146 valence electrons.